The minimum Gasteiger partial charge on any atom is -0.619 e. The lowest BCUT2D eigenvalue weighted by molar-refractivity contribution is -0.606. The largest absolute Gasteiger partial charge is 0.619 e. The van der Waals surface area contributed by atoms with Gasteiger partial charge >= 0.3 is 11.9 Å². The van der Waals surface area contributed by atoms with Crippen molar-refractivity contribution in [2.75, 3.05) is 0 Å². The van der Waals surface area contributed by atoms with Gasteiger partial charge in [0, 0.05) is 11.6 Å². The number of phenolic OH excluding ortho intramolecular Hbond substituents is 2. The quantitative estimate of drug-likeness (QED) is 0.219. The molecule has 0 atom stereocenters. The molecule has 24 heavy (non-hydrogen) atoms. The number of benzene rings is 1. The summed E-state index contributed by atoms with van der Waals surface area (Å²) >= 11 is 0. The van der Waals surface area contributed by atoms with Gasteiger partial charge in [-0.05, 0) is 12.1 Å². The van der Waals surface area contributed by atoms with Crippen molar-refractivity contribution in [3.05, 3.63) is 62.6 Å². The number of hydrogen-bond acceptors (Lipinski definition) is 6. The number of phenols is 2. The molecule has 1 aromatic heterocycles. The molecule has 2 N–H and O–H groups in total. The molecule has 0 aliphatic rings. The first-order valence-electron chi connectivity index (χ1n) is 6.07. The number of carbonyl (C=O) groups is 1. The van der Waals surface area contributed by atoms with E-state index >= 15 is 0 Å². The number of aromatic hydroxyl groups is 2. The third-order valence-electron chi connectivity index (χ3n) is 2.96. The molecular formula is C13H7F3N2O6. The first kappa shape index (κ1) is 17.0. The molecule has 0 amide bonds. The monoisotopic (exact) mass is 344 g/mol. The Hall–Kier alpha value is -3.37. The highest BCUT2D eigenvalue weighted by molar-refractivity contribution is 6.09. The van der Waals surface area contributed by atoms with E-state index in [1.807, 2.05) is 0 Å². The number of nitro groups is 1. The number of alkyl halides is 3. The molecule has 1 heterocycles. The Kier molecular flexibility index (Phi) is 4.02. The summed E-state index contributed by atoms with van der Waals surface area (Å²) in [6.45, 7) is 0. The van der Waals surface area contributed by atoms with Crippen LogP contribution in [0.15, 0.2) is 30.6 Å². The fourth-order valence-corrected chi connectivity index (χ4v) is 1.87. The van der Waals surface area contributed by atoms with Crippen molar-refractivity contribution in [2.24, 2.45) is 0 Å². The number of carbonyl (C=O) groups excluding carboxylic acids is 1. The van der Waals surface area contributed by atoms with E-state index in [0.717, 1.165) is 0 Å². The second-order valence-electron chi connectivity index (χ2n) is 4.62. The average Bonchev–Trinajstić information content (AvgIpc) is 2.47. The molecule has 0 aliphatic carbocycles. The van der Waals surface area contributed by atoms with Gasteiger partial charge in [0.05, 0.1) is 10.5 Å². The summed E-state index contributed by atoms with van der Waals surface area (Å²) in [7, 11) is 0. The topological polar surface area (TPSA) is 128 Å². The zero-order chi connectivity index (χ0) is 18.2. The van der Waals surface area contributed by atoms with E-state index in [9.17, 15) is 43.5 Å². The van der Waals surface area contributed by atoms with Gasteiger partial charge in [0.15, 0.2) is 23.9 Å². The summed E-state index contributed by atoms with van der Waals surface area (Å²) < 4.78 is 37.8. The van der Waals surface area contributed by atoms with Crippen LogP contribution in [0.2, 0.25) is 0 Å². The lowest BCUT2D eigenvalue weighted by atomic mass is 10.0. The van der Waals surface area contributed by atoms with Crippen LogP contribution in [0.4, 0.5) is 18.9 Å². The summed E-state index contributed by atoms with van der Waals surface area (Å²) in [4.78, 5) is 21.8. The molecule has 0 fully saturated rings. The molecule has 2 rings (SSSR count). The van der Waals surface area contributed by atoms with Gasteiger partial charge < -0.3 is 15.4 Å². The van der Waals surface area contributed by atoms with Gasteiger partial charge in [-0.3, -0.25) is 14.9 Å². The number of rotatable bonds is 3. The maximum Gasteiger partial charge on any atom is 0.422 e. The van der Waals surface area contributed by atoms with Crippen molar-refractivity contribution in [3.63, 3.8) is 0 Å². The molecule has 1 aromatic carbocycles. The number of pyridine rings is 1. The van der Waals surface area contributed by atoms with Crippen molar-refractivity contribution >= 4 is 11.5 Å². The summed E-state index contributed by atoms with van der Waals surface area (Å²) in [5.74, 6) is -3.28. The maximum absolute atomic E-state index is 12.7. The number of hydrogen-bond donors (Lipinski definition) is 2. The van der Waals surface area contributed by atoms with Gasteiger partial charge in [0.2, 0.25) is 5.75 Å². The van der Waals surface area contributed by atoms with E-state index in [1.54, 1.807) is 0 Å². The molecule has 0 saturated heterocycles. The summed E-state index contributed by atoms with van der Waals surface area (Å²) in [5.41, 5.74) is -3.67. The Labute approximate surface area is 130 Å². The van der Waals surface area contributed by atoms with Crippen molar-refractivity contribution in [1.29, 1.82) is 0 Å². The van der Waals surface area contributed by atoms with Gasteiger partial charge in [-0.15, -0.1) is 0 Å². The SMILES string of the molecule is O=C(c1cc(O)c(O)c([N+](=O)[O-])c1)c1cc(C(F)(F)F)c[n+]([O-])c1. The third kappa shape index (κ3) is 3.19. The minimum absolute atomic E-state index is 0.216. The number of halogens is 3. The van der Waals surface area contributed by atoms with Crippen molar-refractivity contribution in [1.82, 2.24) is 0 Å². The second-order valence-corrected chi connectivity index (χ2v) is 4.62. The Bertz CT molecular complexity index is 850. The molecular weight excluding hydrogens is 337 g/mol. The molecule has 0 unspecified atom stereocenters. The van der Waals surface area contributed by atoms with Gasteiger partial charge in [0.1, 0.15) is 5.56 Å². The van der Waals surface area contributed by atoms with Crippen LogP contribution in [0.1, 0.15) is 21.5 Å². The van der Waals surface area contributed by atoms with Crippen LogP contribution >= 0.6 is 0 Å². The predicted molar refractivity (Wildman–Crippen MR) is 70.3 cm³/mol. The van der Waals surface area contributed by atoms with Crippen LogP contribution in [0.5, 0.6) is 11.5 Å². The van der Waals surface area contributed by atoms with E-state index in [2.05, 4.69) is 0 Å². The van der Waals surface area contributed by atoms with Crippen LogP contribution in [-0.2, 0) is 6.18 Å². The number of aromatic nitrogens is 1. The maximum atomic E-state index is 12.7. The standard InChI is InChI=1S/C13H7F3N2O6/c14-13(15,16)8-1-7(4-17(22)5-8)11(20)6-2-9(18(23)24)12(21)10(19)3-6/h1-5,19,21H. The van der Waals surface area contributed by atoms with E-state index < -0.39 is 50.8 Å². The number of nitro benzene ring substituents is 1. The molecule has 8 nitrogen and oxygen atoms in total. The summed E-state index contributed by atoms with van der Waals surface area (Å²) in [5, 5.41) is 40.7. The number of ketones is 1. The Morgan fingerprint density at radius 1 is 1.12 bits per heavy atom. The van der Waals surface area contributed by atoms with Crippen molar-refractivity contribution < 1.29 is 37.8 Å². The van der Waals surface area contributed by atoms with Crippen LogP contribution in [0.25, 0.3) is 0 Å². The average molecular weight is 344 g/mol. The molecule has 0 bridgehead atoms. The lowest BCUT2D eigenvalue weighted by Crippen LogP contribution is -2.29. The second kappa shape index (κ2) is 5.68. The van der Waals surface area contributed by atoms with Crippen LogP contribution < -0.4 is 4.73 Å². The van der Waals surface area contributed by atoms with Gasteiger partial charge in [-0.2, -0.15) is 17.9 Å². The predicted octanol–water partition coefficient (Wildman–Crippen LogP) is 1.89. The summed E-state index contributed by atoms with van der Waals surface area (Å²) in [6, 6.07) is 1.61. The smallest absolute Gasteiger partial charge is 0.422 e. The molecule has 0 aliphatic heterocycles. The van der Waals surface area contributed by atoms with Crippen LogP contribution in [-0.4, -0.2) is 20.9 Å². The van der Waals surface area contributed by atoms with E-state index in [4.69, 9.17) is 0 Å². The molecule has 0 saturated carbocycles. The molecule has 0 spiro atoms. The van der Waals surface area contributed by atoms with E-state index in [1.165, 1.54) is 0 Å². The third-order valence-corrected chi connectivity index (χ3v) is 2.96. The van der Waals surface area contributed by atoms with Gasteiger partial charge in [-0.1, -0.05) is 0 Å². The van der Waals surface area contributed by atoms with Crippen molar-refractivity contribution in [2.45, 2.75) is 6.18 Å². The zero-order valence-electron chi connectivity index (χ0n) is 11.4. The lowest BCUT2D eigenvalue weighted by Gasteiger charge is -2.09. The molecule has 126 valence electrons. The first-order valence-corrected chi connectivity index (χ1v) is 6.07. The minimum atomic E-state index is -4.88. The highest BCUT2D eigenvalue weighted by atomic mass is 19.4. The highest BCUT2D eigenvalue weighted by Crippen LogP contribution is 2.37. The summed E-state index contributed by atoms with van der Waals surface area (Å²) in [6.07, 6.45) is -4.12. The number of nitrogens with zero attached hydrogens (tertiary/aromatic N) is 2. The van der Waals surface area contributed by atoms with Crippen molar-refractivity contribution in [3.8, 4) is 11.5 Å². The van der Waals surface area contributed by atoms with E-state index in [0.29, 0.717) is 24.4 Å². The van der Waals surface area contributed by atoms with Crippen LogP contribution in [0.3, 0.4) is 0 Å². The fraction of sp³-hybridized carbons (Fsp3) is 0.0769. The Morgan fingerprint density at radius 2 is 1.75 bits per heavy atom. The van der Waals surface area contributed by atoms with Crippen LogP contribution in [0, 0.1) is 15.3 Å². The normalized spacial score (nSPS) is 11.3. The Balaban J connectivity index is 2.58. The zero-order valence-corrected chi connectivity index (χ0v) is 11.4. The Morgan fingerprint density at radius 3 is 2.29 bits per heavy atom. The van der Waals surface area contributed by atoms with Gasteiger partial charge in [0.25, 0.3) is 0 Å². The highest BCUT2D eigenvalue weighted by Gasteiger charge is 2.34. The molecule has 0 radical (unpaired) electrons. The van der Waals surface area contributed by atoms with E-state index in [-0.39, 0.29) is 10.9 Å². The first-order chi connectivity index (χ1) is 11.0. The fourth-order valence-electron chi connectivity index (χ4n) is 1.87. The molecule has 11 heteroatoms. The van der Waals surface area contributed by atoms with Gasteiger partial charge in [-0.25, -0.2) is 0 Å². The molecule has 2 aromatic rings.